The van der Waals surface area contributed by atoms with Crippen LogP contribution in [-0.4, -0.2) is 38.5 Å². The molecule has 1 aromatic carbocycles. The Balaban J connectivity index is 1.49. The molecule has 0 bridgehead atoms. The minimum atomic E-state index is -0.321. The van der Waals surface area contributed by atoms with Crippen LogP contribution in [0.2, 0.25) is 0 Å². The largest absolute Gasteiger partial charge is 0.459 e. The minimum Gasteiger partial charge on any atom is -0.459 e. The molecule has 2 rings (SSSR count). The summed E-state index contributed by atoms with van der Waals surface area (Å²) in [5.74, 6) is -0.321. The van der Waals surface area contributed by atoms with E-state index < -0.39 is 0 Å². The Bertz CT molecular complexity index is 827. The fourth-order valence-electron chi connectivity index (χ4n) is 4.60. The Kier molecular flexibility index (Phi) is 18.9. The van der Waals surface area contributed by atoms with E-state index in [-0.39, 0.29) is 18.7 Å². The number of carbonyl (C=O) groups excluding carboxylic acids is 1. The molecule has 2 aromatic rings. The molecule has 38 heavy (non-hydrogen) atoms. The van der Waals surface area contributed by atoms with Crippen molar-refractivity contribution in [2.75, 3.05) is 26.4 Å². The van der Waals surface area contributed by atoms with Gasteiger partial charge in [-0.3, -0.25) is 0 Å². The van der Waals surface area contributed by atoms with Gasteiger partial charge in [0, 0.05) is 18.8 Å². The van der Waals surface area contributed by atoms with E-state index in [2.05, 4.69) is 17.0 Å². The van der Waals surface area contributed by atoms with Crippen LogP contribution >= 0.6 is 11.3 Å². The van der Waals surface area contributed by atoms with Gasteiger partial charge in [-0.05, 0) is 25.5 Å². The SMILES string of the molecule is CCCCCCCCCCCCCCCCOCC(COC(=O)c1cccc(C[n+]2ccsc2)c1)OCC. The lowest BCUT2D eigenvalue weighted by Crippen LogP contribution is -2.30. The zero-order chi connectivity index (χ0) is 27.1. The number of rotatable bonds is 24. The highest BCUT2D eigenvalue weighted by Crippen LogP contribution is 2.13. The van der Waals surface area contributed by atoms with Crippen LogP contribution in [0.3, 0.4) is 0 Å². The van der Waals surface area contributed by atoms with Gasteiger partial charge in [-0.1, -0.05) is 114 Å². The fourth-order valence-corrected chi connectivity index (χ4v) is 5.20. The molecule has 214 valence electrons. The normalized spacial score (nSPS) is 12.1. The second-order valence-corrected chi connectivity index (χ2v) is 11.0. The summed E-state index contributed by atoms with van der Waals surface area (Å²) in [6, 6.07) is 7.62. The first kappa shape index (κ1) is 32.5. The van der Waals surface area contributed by atoms with Crippen molar-refractivity contribution in [2.45, 2.75) is 116 Å². The molecule has 0 radical (unpaired) electrons. The van der Waals surface area contributed by atoms with Crippen LogP contribution in [0.4, 0.5) is 0 Å². The standard InChI is InChI=1S/C32H52NO4S/c1-3-5-6-7-8-9-10-11-12-13-14-15-16-17-22-35-26-31(36-4-2)27-37-32(34)30-20-18-19-29(24-30)25-33-21-23-38-28-33/h18-21,23-24,28,31H,3-17,22,25-27H2,1-2H3/q+1. The lowest BCUT2D eigenvalue weighted by molar-refractivity contribution is -0.683. The van der Waals surface area contributed by atoms with Crippen molar-refractivity contribution in [1.82, 2.24) is 0 Å². The zero-order valence-corrected chi connectivity index (χ0v) is 24.9. The van der Waals surface area contributed by atoms with E-state index in [0.29, 0.717) is 18.8 Å². The van der Waals surface area contributed by atoms with Gasteiger partial charge in [0.15, 0.2) is 12.7 Å². The van der Waals surface area contributed by atoms with Gasteiger partial charge >= 0.3 is 5.97 Å². The third-order valence-electron chi connectivity index (χ3n) is 6.80. The number of aromatic nitrogens is 1. The summed E-state index contributed by atoms with van der Waals surface area (Å²) in [5, 5.41) is 2.04. The highest BCUT2D eigenvalue weighted by atomic mass is 32.1. The number of esters is 1. The molecule has 0 aliphatic carbocycles. The number of carbonyl (C=O) groups is 1. The van der Waals surface area contributed by atoms with Crippen LogP contribution in [0.1, 0.15) is 120 Å². The molecule has 1 unspecified atom stereocenters. The van der Waals surface area contributed by atoms with E-state index in [1.807, 2.05) is 36.7 Å². The highest BCUT2D eigenvalue weighted by molar-refractivity contribution is 7.07. The minimum absolute atomic E-state index is 0.203. The van der Waals surface area contributed by atoms with Crippen molar-refractivity contribution in [3.05, 3.63) is 52.5 Å². The van der Waals surface area contributed by atoms with Gasteiger partial charge in [-0.15, -0.1) is 0 Å². The average molecular weight is 547 g/mol. The summed E-state index contributed by atoms with van der Waals surface area (Å²) in [7, 11) is 0. The third kappa shape index (κ3) is 15.6. The van der Waals surface area contributed by atoms with Crippen molar-refractivity contribution in [2.24, 2.45) is 0 Å². The molecule has 1 aromatic heterocycles. The van der Waals surface area contributed by atoms with Gasteiger partial charge < -0.3 is 14.2 Å². The third-order valence-corrected chi connectivity index (χ3v) is 7.48. The Morgan fingerprint density at radius 1 is 0.868 bits per heavy atom. The fraction of sp³-hybridized carbons (Fsp3) is 0.688. The van der Waals surface area contributed by atoms with Crippen molar-refractivity contribution >= 4 is 17.3 Å². The molecular weight excluding hydrogens is 494 g/mol. The van der Waals surface area contributed by atoms with Gasteiger partial charge in [0.05, 0.1) is 17.6 Å². The molecule has 0 aliphatic heterocycles. The molecule has 0 N–H and O–H groups in total. The summed E-state index contributed by atoms with van der Waals surface area (Å²) in [6.07, 6.45) is 20.7. The van der Waals surface area contributed by atoms with E-state index in [1.54, 1.807) is 17.4 Å². The molecule has 0 spiro atoms. The molecule has 6 heteroatoms. The summed E-state index contributed by atoms with van der Waals surface area (Å²) < 4.78 is 19.3. The molecule has 0 amide bonds. The van der Waals surface area contributed by atoms with Crippen molar-refractivity contribution in [3.8, 4) is 0 Å². The molecule has 1 heterocycles. The lowest BCUT2D eigenvalue weighted by atomic mass is 10.0. The van der Waals surface area contributed by atoms with E-state index in [9.17, 15) is 4.79 Å². The quantitative estimate of drug-likeness (QED) is 0.0757. The second kappa shape index (κ2) is 22.1. The van der Waals surface area contributed by atoms with Crippen molar-refractivity contribution in [3.63, 3.8) is 0 Å². The predicted octanol–water partition coefficient (Wildman–Crippen LogP) is 8.14. The first-order valence-electron chi connectivity index (χ1n) is 15.1. The lowest BCUT2D eigenvalue weighted by Gasteiger charge is -2.17. The zero-order valence-electron chi connectivity index (χ0n) is 24.0. The maximum absolute atomic E-state index is 12.6. The van der Waals surface area contributed by atoms with Crippen LogP contribution in [0.25, 0.3) is 0 Å². The van der Waals surface area contributed by atoms with Crippen LogP contribution in [0.15, 0.2) is 41.4 Å². The summed E-state index contributed by atoms with van der Waals surface area (Å²) in [6.45, 7) is 6.92. The molecule has 0 aliphatic rings. The Hall–Kier alpha value is -1.76. The van der Waals surface area contributed by atoms with Gasteiger partial charge in [0.1, 0.15) is 12.7 Å². The maximum Gasteiger partial charge on any atom is 0.338 e. The number of hydrogen-bond acceptors (Lipinski definition) is 5. The van der Waals surface area contributed by atoms with Crippen LogP contribution in [-0.2, 0) is 20.8 Å². The van der Waals surface area contributed by atoms with Gasteiger partial charge in [-0.2, -0.15) is 4.57 Å². The first-order chi connectivity index (χ1) is 18.7. The first-order valence-corrected chi connectivity index (χ1v) is 16.0. The predicted molar refractivity (Wildman–Crippen MR) is 157 cm³/mol. The topological polar surface area (TPSA) is 48.6 Å². The molecule has 5 nitrogen and oxygen atoms in total. The van der Waals surface area contributed by atoms with Crippen molar-refractivity contribution in [1.29, 1.82) is 0 Å². The summed E-state index contributed by atoms with van der Waals surface area (Å²) in [5.41, 5.74) is 3.69. The van der Waals surface area contributed by atoms with E-state index in [0.717, 1.165) is 25.1 Å². The van der Waals surface area contributed by atoms with Gasteiger partial charge in [-0.25, -0.2) is 4.79 Å². The van der Waals surface area contributed by atoms with Crippen LogP contribution in [0.5, 0.6) is 0 Å². The smallest absolute Gasteiger partial charge is 0.338 e. The molecule has 0 fully saturated rings. The van der Waals surface area contributed by atoms with Crippen LogP contribution in [0, 0.1) is 0 Å². The maximum atomic E-state index is 12.6. The van der Waals surface area contributed by atoms with Crippen LogP contribution < -0.4 is 4.57 Å². The number of nitrogens with zero attached hydrogens (tertiary/aromatic N) is 1. The Morgan fingerprint density at radius 3 is 2.13 bits per heavy atom. The second-order valence-electron chi connectivity index (χ2n) is 10.2. The van der Waals surface area contributed by atoms with Gasteiger partial charge in [0.2, 0.25) is 5.51 Å². The number of unbranched alkanes of at least 4 members (excludes halogenated alkanes) is 13. The van der Waals surface area contributed by atoms with E-state index in [1.165, 1.54) is 83.5 Å². The number of thiazole rings is 1. The monoisotopic (exact) mass is 546 g/mol. The Labute approximate surface area is 235 Å². The van der Waals surface area contributed by atoms with E-state index >= 15 is 0 Å². The number of hydrogen-bond donors (Lipinski definition) is 0. The average Bonchev–Trinajstić information content (AvgIpc) is 3.44. The molecular formula is C32H52NO4S+. The molecule has 1 atom stereocenters. The number of benzene rings is 1. The highest BCUT2D eigenvalue weighted by Gasteiger charge is 2.15. The van der Waals surface area contributed by atoms with E-state index in [4.69, 9.17) is 14.2 Å². The summed E-state index contributed by atoms with van der Waals surface area (Å²) in [4.78, 5) is 12.6. The van der Waals surface area contributed by atoms with Gasteiger partial charge in [0.25, 0.3) is 0 Å². The Morgan fingerprint density at radius 2 is 1.53 bits per heavy atom. The van der Waals surface area contributed by atoms with Crippen molar-refractivity contribution < 1.29 is 23.6 Å². The molecule has 0 saturated heterocycles. The molecule has 0 saturated carbocycles. The summed E-state index contributed by atoms with van der Waals surface area (Å²) >= 11 is 1.65. The number of ether oxygens (including phenoxy) is 3.